The summed E-state index contributed by atoms with van der Waals surface area (Å²) in [5.74, 6) is 1.96. The molecule has 2 aromatic carbocycles. The molecule has 5 nitrogen and oxygen atoms in total. The molecule has 1 saturated carbocycles. The highest BCUT2D eigenvalue weighted by Crippen LogP contribution is 2.31. The van der Waals surface area contributed by atoms with Crippen molar-refractivity contribution in [1.29, 1.82) is 0 Å². The Kier molecular flexibility index (Phi) is 9.02. The van der Waals surface area contributed by atoms with Gasteiger partial charge in [-0.2, -0.15) is 4.39 Å². The number of para-hydroxylation sites is 1. The van der Waals surface area contributed by atoms with Crippen LogP contribution in [0.1, 0.15) is 59.8 Å². The Morgan fingerprint density at radius 3 is 2.32 bits per heavy atom. The minimum atomic E-state index is -0.710. The Morgan fingerprint density at radius 1 is 1.06 bits per heavy atom. The van der Waals surface area contributed by atoms with Crippen LogP contribution in [0, 0.1) is 0 Å². The van der Waals surface area contributed by atoms with Gasteiger partial charge in [0.25, 0.3) is 0 Å². The topological polar surface area (TPSA) is 49.2 Å². The Labute approximate surface area is 202 Å². The van der Waals surface area contributed by atoms with Gasteiger partial charge in [0.05, 0.1) is 17.3 Å². The molecule has 1 N–H and O–H groups in total. The molecule has 0 radical (unpaired) electrons. The zero-order valence-corrected chi connectivity index (χ0v) is 20.6. The normalized spacial score (nSPS) is 18.0. The van der Waals surface area contributed by atoms with Gasteiger partial charge in [0.2, 0.25) is 5.95 Å². The zero-order valence-electron chi connectivity index (χ0n) is 20.6. The smallest absolute Gasteiger partial charge is 0.207 e. The lowest BCUT2D eigenvalue weighted by Gasteiger charge is -2.25. The Bertz CT molecular complexity index is 1060. The van der Waals surface area contributed by atoms with Gasteiger partial charge in [-0.25, -0.2) is 9.98 Å². The number of hydrazine groups is 1. The van der Waals surface area contributed by atoms with E-state index in [0.717, 1.165) is 48.3 Å². The van der Waals surface area contributed by atoms with Gasteiger partial charge in [-0.15, -0.1) is 0 Å². The Morgan fingerprint density at radius 2 is 1.71 bits per heavy atom. The molecule has 0 atom stereocenters. The van der Waals surface area contributed by atoms with E-state index in [1.54, 1.807) is 0 Å². The second kappa shape index (κ2) is 12.2. The number of ether oxygens (including phenoxy) is 1. The van der Waals surface area contributed by atoms with Crippen molar-refractivity contribution in [1.82, 2.24) is 10.4 Å². The lowest BCUT2D eigenvalue weighted by molar-refractivity contribution is 0.289. The second-order valence-electron chi connectivity index (χ2n) is 8.69. The van der Waals surface area contributed by atoms with Gasteiger partial charge >= 0.3 is 0 Å². The fourth-order valence-electron chi connectivity index (χ4n) is 4.01. The number of amidine groups is 2. The van der Waals surface area contributed by atoms with Gasteiger partial charge in [0, 0.05) is 6.07 Å². The summed E-state index contributed by atoms with van der Waals surface area (Å²) in [6, 6.07) is 17.5. The number of benzene rings is 2. The maximum Gasteiger partial charge on any atom is 0.207 e. The van der Waals surface area contributed by atoms with Gasteiger partial charge in [-0.05, 0) is 57.5 Å². The molecule has 2 aliphatic rings. The number of nitrogens with one attached hydrogen (secondary N) is 1. The first kappa shape index (κ1) is 25.2. The average Bonchev–Trinajstić information content (AvgIpc) is 3.43. The first-order valence-corrected chi connectivity index (χ1v) is 12.0. The number of hydrogen-bond acceptors (Lipinski definition) is 3. The minimum absolute atomic E-state index is 0.257. The summed E-state index contributed by atoms with van der Waals surface area (Å²) in [6.07, 6.45) is 5.63. The maximum absolute atomic E-state index is 13.7. The van der Waals surface area contributed by atoms with Crippen LogP contribution in [-0.2, 0) is 0 Å². The highest BCUT2D eigenvalue weighted by molar-refractivity contribution is 6.27. The van der Waals surface area contributed by atoms with Crippen molar-refractivity contribution in [2.45, 2.75) is 65.8 Å². The van der Waals surface area contributed by atoms with Gasteiger partial charge in [0.1, 0.15) is 11.5 Å². The third-order valence-electron chi connectivity index (χ3n) is 5.37. The van der Waals surface area contributed by atoms with Crippen LogP contribution in [0.25, 0.3) is 0 Å². The summed E-state index contributed by atoms with van der Waals surface area (Å²) >= 11 is 0. The maximum atomic E-state index is 13.7. The van der Waals surface area contributed by atoms with E-state index in [2.05, 4.69) is 30.8 Å². The molecule has 0 amide bonds. The summed E-state index contributed by atoms with van der Waals surface area (Å²) in [5.41, 5.74) is 5.93. The molecule has 0 aromatic heterocycles. The minimum Gasteiger partial charge on any atom is -0.457 e. The van der Waals surface area contributed by atoms with Crippen LogP contribution in [0.3, 0.4) is 0 Å². The van der Waals surface area contributed by atoms with Crippen LogP contribution >= 0.6 is 0 Å². The highest BCUT2D eigenvalue weighted by atomic mass is 19.1. The predicted molar refractivity (Wildman–Crippen MR) is 139 cm³/mol. The SMILES string of the molecule is C=C(F)/N=C1\C(=C(C)C)C(=Nc2cccc(Oc3ccccc3)c2)NN1C1CCCC1.CCC. The zero-order chi connectivity index (χ0) is 24.5. The molecule has 180 valence electrons. The number of rotatable bonds is 5. The van der Waals surface area contributed by atoms with Crippen LogP contribution in [0.15, 0.2) is 88.3 Å². The van der Waals surface area contributed by atoms with Crippen LogP contribution < -0.4 is 10.2 Å². The van der Waals surface area contributed by atoms with Gasteiger partial charge < -0.3 is 4.74 Å². The summed E-state index contributed by atoms with van der Waals surface area (Å²) in [4.78, 5) is 8.96. The quantitative estimate of drug-likeness (QED) is 0.460. The number of allylic oxidation sites excluding steroid dienone is 1. The summed E-state index contributed by atoms with van der Waals surface area (Å²) in [5, 5.41) is 1.96. The molecule has 2 aromatic rings. The highest BCUT2D eigenvalue weighted by Gasteiger charge is 2.36. The molecule has 0 unspecified atom stereocenters. The van der Waals surface area contributed by atoms with Crippen molar-refractivity contribution in [2.75, 3.05) is 0 Å². The number of halogens is 1. The predicted octanol–water partition coefficient (Wildman–Crippen LogP) is 7.86. The van der Waals surface area contributed by atoms with E-state index in [0.29, 0.717) is 17.4 Å². The molecule has 4 rings (SSSR count). The van der Waals surface area contributed by atoms with Gasteiger partial charge in [-0.3, -0.25) is 10.4 Å². The van der Waals surface area contributed by atoms with E-state index in [-0.39, 0.29) is 6.04 Å². The summed E-state index contributed by atoms with van der Waals surface area (Å²) in [6.45, 7) is 11.6. The fourth-order valence-corrected chi connectivity index (χ4v) is 4.01. The summed E-state index contributed by atoms with van der Waals surface area (Å²) < 4.78 is 19.7. The molecule has 6 heteroatoms. The molecule has 2 fully saturated rings. The standard InChI is InChI=1S/C25H27FN4O.C3H8/c1-17(2)23-24(29-30(20-11-7-8-12-20)25(23)27-18(3)26)28-19-10-9-15-22(16-19)31-21-13-5-4-6-14-21;1-3-2/h4-6,9-10,13-16,20H,3,7-8,11-12H2,1-2H3,(H,28,29);3H2,1-2H3/b27-25+;. The lowest BCUT2D eigenvalue weighted by Crippen LogP contribution is -2.43. The molecular weight excluding hydrogens is 427 g/mol. The molecule has 1 aliphatic heterocycles. The van der Waals surface area contributed by atoms with Crippen molar-refractivity contribution in [3.05, 3.63) is 78.3 Å². The van der Waals surface area contributed by atoms with Crippen molar-refractivity contribution >= 4 is 17.4 Å². The van der Waals surface area contributed by atoms with E-state index >= 15 is 0 Å². The van der Waals surface area contributed by atoms with Crippen molar-refractivity contribution in [3.63, 3.8) is 0 Å². The molecular formula is C28H35FN4O. The van der Waals surface area contributed by atoms with E-state index in [1.807, 2.05) is 73.5 Å². The van der Waals surface area contributed by atoms with Crippen LogP contribution in [0.5, 0.6) is 11.5 Å². The Balaban J connectivity index is 0.00000103. The Hall–Kier alpha value is -3.41. The van der Waals surface area contributed by atoms with Crippen molar-refractivity contribution in [3.8, 4) is 11.5 Å². The average molecular weight is 463 g/mol. The molecule has 1 heterocycles. The van der Waals surface area contributed by atoms with E-state index in [1.165, 1.54) is 6.42 Å². The van der Waals surface area contributed by atoms with E-state index < -0.39 is 5.95 Å². The first-order valence-electron chi connectivity index (χ1n) is 12.0. The molecule has 34 heavy (non-hydrogen) atoms. The third-order valence-corrected chi connectivity index (χ3v) is 5.37. The van der Waals surface area contributed by atoms with Gasteiger partial charge in [0.15, 0.2) is 11.7 Å². The molecule has 1 saturated heterocycles. The molecule has 1 aliphatic carbocycles. The van der Waals surface area contributed by atoms with Crippen LogP contribution in [0.4, 0.5) is 10.1 Å². The van der Waals surface area contributed by atoms with Crippen LogP contribution in [0.2, 0.25) is 0 Å². The number of hydrogen-bond donors (Lipinski definition) is 1. The first-order chi connectivity index (χ1) is 16.4. The second-order valence-corrected chi connectivity index (χ2v) is 8.69. The van der Waals surface area contributed by atoms with Gasteiger partial charge in [-0.1, -0.05) is 62.9 Å². The molecule has 0 spiro atoms. The lowest BCUT2D eigenvalue weighted by atomic mass is 10.1. The molecule has 0 bridgehead atoms. The number of aliphatic imine (C=N–C) groups is 2. The van der Waals surface area contributed by atoms with Crippen molar-refractivity contribution < 1.29 is 9.13 Å². The largest absolute Gasteiger partial charge is 0.457 e. The summed E-state index contributed by atoms with van der Waals surface area (Å²) in [7, 11) is 0. The van der Waals surface area contributed by atoms with Crippen molar-refractivity contribution in [2.24, 2.45) is 9.98 Å². The van der Waals surface area contributed by atoms with Crippen LogP contribution in [-0.4, -0.2) is 22.7 Å². The van der Waals surface area contributed by atoms with E-state index in [4.69, 9.17) is 9.73 Å². The number of nitrogens with zero attached hydrogens (tertiary/aromatic N) is 3. The third kappa shape index (κ3) is 6.56. The van der Waals surface area contributed by atoms with E-state index in [9.17, 15) is 4.39 Å². The monoisotopic (exact) mass is 462 g/mol. The fraction of sp³-hybridized carbons (Fsp3) is 0.357.